The summed E-state index contributed by atoms with van der Waals surface area (Å²) < 4.78 is 16.6. The first-order chi connectivity index (χ1) is 14.2. The van der Waals surface area contributed by atoms with Gasteiger partial charge in [0.25, 0.3) is 0 Å². The number of nitrogens with one attached hydrogen (secondary N) is 2. The van der Waals surface area contributed by atoms with Gasteiger partial charge in [-0.1, -0.05) is 20.3 Å². The maximum atomic E-state index is 14.6. The van der Waals surface area contributed by atoms with Crippen molar-refractivity contribution in [2.75, 3.05) is 5.32 Å². The molecular formula is C22H28FN5O2. The van der Waals surface area contributed by atoms with E-state index in [2.05, 4.69) is 34.4 Å². The number of rotatable bonds is 4. The molecule has 2 atom stereocenters. The van der Waals surface area contributed by atoms with Gasteiger partial charge in [0.1, 0.15) is 11.6 Å². The normalized spacial score (nSPS) is 22.4. The van der Waals surface area contributed by atoms with E-state index < -0.39 is 5.82 Å². The topological polar surface area (TPSA) is 88.9 Å². The van der Waals surface area contributed by atoms with Crippen LogP contribution in [-0.2, 0) is 22.6 Å². The highest BCUT2D eigenvalue weighted by Gasteiger charge is 2.32. The fourth-order valence-corrected chi connectivity index (χ4v) is 4.64. The highest BCUT2D eigenvalue weighted by molar-refractivity contribution is 5.92. The Balaban J connectivity index is 1.51. The number of carbonyl (C=O) groups is 2. The van der Waals surface area contributed by atoms with Crippen LogP contribution in [0.4, 0.5) is 10.2 Å². The minimum absolute atomic E-state index is 0.0153. The minimum Gasteiger partial charge on any atom is -0.354 e. The molecule has 0 aromatic carbocycles. The predicted molar refractivity (Wildman–Crippen MR) is 111 cm³/mol. The van der Waals surface area contributed by atoms with Gasteiger partial charge < -0.3 is 15.2 Å². The lowest BCUT2D eigenvalue weighted by Crippen LogP contribution is -2.40. The Morgan fingerprint density at radius 2 is 2.03 bits per heavy atom. The van der Waals surface area contributed by atoms with Crippen LogP contribution >= 0.6 is 0 Å². The van der Waals surface area contributed by atoms with Crippen LogP contribution in [-0.4, -0.2) is 32.4 Å². The second-order valence-electron chi connectivity index (χ2n) is 9.29. The highest BCUT2D eigenvalue weighted by atomic mass is 19.1. The predicted octanol–water partition coefficient (Wildman–Crippen LogP) is 3.30. The molecule has 2 aromatic heterocycles. The SMILES string of the molecule is CC(=O)NC1CCCC(C(=O)Nc2cc(-c3cnc4n3CC(C)(C)C4)c(F)cn2)C1. The third kappa shape index (κ3) is 4.22. The van der Waals surface area contributed by atoms with Crippen molar-refractivity contribution in [1.82, 2.24) is 19.9 Å². The quantitative estimate of drug-likeness (QED) is 0.805. The first-order valence-corrected chi connectivity index (χ1v) is 10.5. The van der Waals surface area contributed by atoms with Crippen LogP contribution in [0.1, 0.15) is 52.3 Å². The molecule has 160 valence electrons. The molecule has 2 unspecified atom stereocenters. The molecule has 3 heterocycles. The lowest BCUT2D eigenvalue weighted by molar-refractivity contribution is -0.123. The Bertz CT molecular complexity index is 984. The Kier molecular flexibility index (Phi) is 5.34. The first-order valence-electron chi connectivity index (χ1n) is 10.5. The summed E-state index contributed by atoms with van der Waals surface area (Å²) in [6.45, 7) is 6.59. The zero-order valence-electron chi connectivity index (χ0n) is 17.7. The molecule has 4 rings (SSSR count). The van der Waals surface area contributed by atoms with Crippen molar-refractivity contribution in [1.29, 1.82) is 0 Å². The molecule has 0 saturated heterocycles. The standard InChI is InChI=1S/C22H28FN5O2/c1-13(29)26-15-6-4-5-14(7-15)21(30)27-19-8-16(17(23)10-24-19)18-11-25-20-9-22(2,3)12-28(18)20/h8,10-11,14-15H,4-7,9,12H2,1-3H3,(H,26,29)(H,24,27,30). The van der Waals surface area contributed by atoms with Crippen LogP contribution < -0.4 is 10.6 Å². The third-order valence-electron chi connectivity index (χ3n) is 6.00. The number of aromatic nitrogens is 3. The number of hydrogen-bond acceptors (Lipinski definition) is 4. The number of imidazole rings is 1. The van der Waals surface area contributed by atoms with Crippen LogP contribution in [0.2, 0.25) is 0 Å². The van der Waals surface area contributed by atoms with E-state index in [-0.39, 0.29) is 29.2 Å². The van der Waals surface area contributed by atoms with Gasteiger partial charge in [0.05, 0.1) is 18.1 Å². The molecule has 0 bridgehead atoms. The van der Waals surface area contributed by atoms with E-state index in [1.807, 2.05) is 4.57 Å². The van der Waals surface area contributed by atoms with Gasteiger partial charge in [0, 0.05) is 37.4 Å². The summed E-state index contributed by atoms with van der Waals surface area (Å²) in [4.78, 5) is 32.6. The average Bonchev–Trinajstić information content (AvgIpc) is 3.18. The summed E-state index contributed by atoms with van der Waals surface area (Å²) in [7, 11) is 0. The van der Waals surface area contributed by atoms with Crippen LogP contribution in [0.15, 0.2) is 18.5 Å². The van der Waals surface area contributed by atoms with Crippen LogP contribution in [0.25, 0.3) is 11.3 Å². The van der Waals surface area contributed by atoms with Gasteiger partial charge in [-0.3, -0.25) is 9.59 Å². The van der Waals surface area contributed by atoms with Crippen LogP contribution in [0.3, 0.4) is 0 Å². The maximum absolute atomic E-state index is 14.6. The lowest BCUT2D eigenvalue weighted by Gasteiger charge is -2.28. The van der Waals surface area contributed by atoms with Gasteiger partial charge in [0.2, 0.25) is 11.8 Å². The average molecular weight is 413 g/mol. The van der Waals surface area contributed by atoms with Crippen molar-refractivity contribution < 1.29 is 14.0 Å². The molecule has 2 aromatic rings. The fourth-order valence-electron chi connectivity index (χ4n) is 4.64. The van der Waals surface area contributed by atoms with Gasteiger partial charge in [0.15, 0.2) is 5.82 Å². The van der Waals surface area contributed by atoms with Gasteiger partial charge >= 0.3 is 0 Å². The van der Waals surface area contributed by atoms with Crippen molar-refractivity contribution in [3.05, 3.63) is 30.1 Å². The Morgan fingerprint density at radius 3 is 2.80 bits per heavy atom. The Morgan fingerprint density at radius 1 is 1.23 bits per heavy atom. The number of amides is 2. The molecule has 2 aliphatic rings. The molecule has 1 saturated carbocycles. The second-order valence-corrected chi connectivity index (χ2v) is 9.29. The number of pyridine rings is 1. The van der Waals surface area contributed by atoms with Gasteiger partial charge in [-0.15, -0.1) is 0 Å². The van der Waals surface area contributed by atoms with Crippen molar-refractivity contribution >= 4 is 17.6 Å². The molecule has 7 nitrogen and oxygen atoms in total. The maximum Gasteiger partial charge on any atom is 0.228 e. The first kappa shape index (κ1) is 20.5. The molecule has 1 fully saturated rings. The molecule has 0 radical (unpaired) electrons. The highest BCUT2D eigenvalue weighted by Crippen LogP contribution is 2.36. The third-order valence-corrected chi connectivity index (χ3v) is 6.00. The van der Waals surface area contributed by atoms with E-state index in [9.17, 15) is 14.0 Å². The second kappa shape index (κ2) is 7.81. The largest absolute Gasteiger partial charge is 0.354 e. The molecule has 8 heteroatoms. The van der Waals surface area contributed by atoms with Gasteiger partial charge in [-0.05, 0) is 30.7 Å². The van der Waals surface area contributed by atoms with E-state index in [1.165, 1.54) is 6.92 Å². The summed E-state index contributed by atoms with van der Waals surface area (Å²) in [5, 5.41) is 5.74. The van der Waals surface area contributed by atoms with Crippen LogP contribution in [0, 0.1) is 17.2 Å². The summed E-state index contributed by atoms with van der Waals surface area (Å²) in [6, 6.07) is 1.60. The minimum atomic E-state index is -0.441. The summed E-state index contributed by atoms with van der Waals surface area (Å²) in [5.41, 5.74) is 1.18. The number of anilines is 1. The lowest BCUT2D eigenvalue weighted by atomic mass is 9.85. The summed E-state index contributed by atoms with van der Waals surface area (Å²) in [5.74, 6) is 0.403. The zero-order chi connectivity index (χ0) is 21.5. The summed E-state index contributed by atoms with van der Waals surface area (Å²) in [6.07, 6.45) is 6.81. The molecule has 2 N–H and O–H groups in total. The molecule has 1 aliphatic heterocycles. The van der Waals surface area contributed by atoms with Crippen LogP contribution in [0.5, 0.6) is 0 Å². The van der Waals surface area contributed by atoms with Crippen molar-refractivity contribution in [2.24, 2.45) is 11.3 Å². The number of hydrogen-bond donors (Lipinski definition) is 2. The molecular weight excluding hydrogens is 385 g/mol. The summed E-state index contributed by atoms with van der Waals surface area (Å²) >= 11 is 0. The number of halogens is 1. The van der Waals surface area contributed by atoms with E-state index in [0.29, 0.717) is 23.5 Å². The van der Waals surface area contributed by atoms with Crippen molar-refractivity contribution in [2.45, 2.75) is 65.5 Å². The molecule has 0 spiro atoms. The number of carbonyl (C=O) groups excluding carboxylic acids is 2. The number of fused-ring (bicyclic) bond motifs is 1. The Labute approximate surface area is 175 Å². The molecule has 30 heavy (non-hydrogen) atoms. The van der Waals surface area contributed by atoms with Crippen molar-refractivity contribution in [3.8, 4) is 11.3 Å². The molecule has 2 amide bonds. The smallest absolute Gasteiger partial charge is 0.228 e. The van der Waals surface area contributed by atoms with Gasteiger partial charge in [-0.2, -0.15) is 0 Å². The van der Waals surface area contributed by atoms with E-state index >= 15 is 0 Å². The van der Waals surface area contributed by atoms with E-state index in [1.54, 1.807) is 12.3 Å². The van der Waals surface area contributed by atoms with Crippen molar-refractivity contribution in [3.63, 3.8) is 0 Å². The fraction of sp³-hybridized carbons (Fsp3) is 0.545. The zero-order valence-corrected chi connectivity index (χ0v) is 17.7. The van der Waals surface area contributed by atoms with E-state index in [4.69, 9.17) is 0 Å². The number of nitrogens with zero attached hydrogens (tertiary/aromatic N) is 3. The Hall–Kier alpha value is -2.77. The van der Waals surface area contributed by atoms with E-state index in [0.717, 1.165) is 44.2 Å². The monoisotopic (exact) mass is 413 g/mol. The molecule has 1 aliphatic carbocycles. The van der Waals surface area contributed by atoms with Gasteiger partial charge in [-0.25, -0.2) is 14.4 Å².